The number of carbonyl (C=O) groups excluding carboxylic acids is 1. The predicted molar refractivity (Wildman–Crippen MR) is 162 cm³/mol. The molecule has 0 bridgehead atoms. The third kappa shape index (κ3) is 6.60. The lowest BCUT2D eigenvalue weighted by molar-refractivity contribution is -0.180. The highest BCUT2D eigenvalue weighted by molar-refractivity contribution is 5.95. The highest BCUT2D eigenvalue weighted by atomic mass is 19.4. The molecule has 45 heavy (non-hydrogen) atoms. The number of alkyl halides is 3. The van der Waals surface area contributed by atoms with E-state index in [0.29, 0.717) is 65.3 Å². The van der Waals surface area contributed by atoms with E-state index in [9.17, 15) is 27.2 Å². The van der Waals surface area contributed by atoms with Crippen LogP contribution in [0.3, 0.4) is 0 Å². The number of amides is 1. The van der Waals surface area contributed by atoms with Gasteiger partial charge in [-0.05, 0) is 48.0 Å². The van der Waals surface area contributed by atoms with Crippen LogP contribution in [0.2, 0.25) is 0 Å². The van der Waals surface area contributed by atoms with E-state index in [1.165, 1.54) is 24.4 Å². The molecule has 2 saturated heterocycles. The number of piperazine rings is 1. The number of aromatic amines is 1. The van der Waals surface area contributed by atoms with Gasteiger partial charge >= 0.3 is 6.18 Å². The van der Waals surface area contributed by atoms with Crippen LogP contribution in [0.25, 0.3) is 10.8 Å². The number of benzene rings is 2. The van der Waals surface area contributed by atoms with Gasteiger partial charge in [0.1, 0.15) is 17.7 Å². The van der Waals surface area contributed by atoms with Gasteiger partial charge in [-0.2, -0.15) is 23.5 Å². The summed E-state index contributed by atoms with van der Waals surface area (Å²) in [4.78, 5) is 35.2. The summed E-state index contributed by atoms with van der Waals surface area (Å²) in [5.74, 6) is -1.82. The summed E-state index contributed by atoms with van der Waals surface area (Å²) in [6.45, 7) is 5.35. The Kier molecular flexibility index (Phi) is 9.04. The Bertz CT molecular complexity index is 1790. The molecule has 13 heteroatoms. The minimum atomic E-state index is -4.26. The first-order valence-corrected chi connectivity index (χ1v) is 14.6. The second-order valence-corrected chi connectivity index (χ2v) is 10.7. The van der Waals surface area contributed by atoms with Crippen LogP contribution < -0.4 is 15.4 Å². The average molecular weight is 622 g/mol. The molecule has 2 aliphatic rings. The van der Waals surface area contributed by atoms with Gasteiger partial charge in [0, 0.05) is 63.0 Å². The van der Waals surface area contributed by atoms with Gasteiger partial charge in [-0.1, -0.05) is 19.9 Å². The lowest BCUT2D eigenvalue weighted by Gasteiger charge is -2.41. The molecule has 0 spiro atoms. The lowest BCUT2D eigenvalue weighted by atomic mass is 9.97. The maximum atomic E-state index is 14.9. The second-order valence-electron chi connectivity index (χ2n) is 10.7. The zero-order chi connectivity index (χ0) is 32.3. The summed E-state index contributed by atoms with van der Waals surface area (Å²) >= 11 is 0. The molecule has 0 unspecified atom stereocenters. The quantitative estimate of drug-likeness (QED) is 0.316. The van der Waals surface area contributed by atoms with Crippen molar-refractivity contribution in [1.29, 1.82) is 5.26 Å². The molecular weight excluding hydrogens is 590 g/mol. The van der Waals surface area contributed by atoms with Crippen LogP contribution in [0.15, 0.2) is 59.5 Å². The van der Waals surface area contributed by atoms with Gasteiger partial charge in [-0.15, -0.1) is 0 Å². The Hall–Kier alpha value is -4.99. The zero-order valence-corrected chi connectivity index (χ0v) is 24.7. The number of aromatic nitrogens is 3. The number of anilines is 2. The first-order chi connectivity index (χ1) is 21.6. The van der Waals surface area contributed by atoms with E-state index in [-0.39, 0.29) is 25.1 Å². The Labute approximate surface area is 256 Å². The topological polar surface area (TPSA) is 109 Å². The van der Waals surface area contributed by atoms with Crippen molar-refractivity contribution < 1.29 is 22.4 Å². The van der Waals surface area contributed by atoms with Crippen molar-refractivity contribution in [2.45, 2.75) is 26.4 Å². The molecule has 2 aromatic heterocycles. The van der Waals surface area contributed by atoms with Gasteiger partial charge in [-0.3, -0.25) is 9.59 Å². The smallest absolute Gasteiger partial charge is 0.370 e. The fourth-order valence-corrected chi connectivity index (χ4v) is 5.42. The zero-order valence-electron chi connectivity index (χ0n) is 24.7. The van der Waals surface area contributed by atoms with E-state index in [2.05, 4.69) is 15.2 Å². The monoisotopic (exact) mass is 621 g/mol. The van der Waals surface area contributed by atoms with Crippen LogP contribution in [0.5, 0.6) is 0 Å². The lowest BCUT2D eigenvalue weighted by Crippen LogP contribution is -2.53. The van der Waals surface area contributed by atoms with Crippen LogP contribution in [0.1, 0.15) is 41.0 Å². The molecule has 0 saturated carbocycles. The molecule has 2 aromatic carbocycles. The van der Waals surface area contributed by atoms with Crippen LogP contribution in [-0.2, 0) is 6.42 Å². The number of nitrogens with one attached hydrogen (secondary N) is 1. The highest BCUT2D eigenvalue weighted by Gasteiger charge is 2.47. The number of rotatable bonds is 5. The van der Waals surface area contributed by atoms with E-state index in [1.54, 1.807) is 40.1 Å². The number of nitrogens with zero attached hydrogens (tertiary/aromatic N) is 6. The average Bonchev–Trinajstić information content (AvgIpc) is 3.02. The highest BCUT2D eigenvalue weighted by Crippen LogP contribution is 2.37. The van der Waals surface area contributed by atoms with Gasteiger partial charge in [0.25, 0.3) is 11.5 Å². The Morgan fingerprint density at radius 1 is 1.00 bits per heavy atom. The summed E-state index contributed by atoms with van der Waals surface area (Å²) in [6.07, 6.45) is -2.62. The fourth-order valence-electron chi connectivity index (χ4n) is 5.42. The molecule has 9 nitrogen and oxygen atoms in total. The first kappa shape index (κ1) is 31.4. The van der Waals surface area contributed by atoms with E-state index in [4.69, 9.17) is 5.26 Å². The van der Waals surface area contributed by atoms with E-state index in [1.807, 2.05) is 24.8 Å². The van der Waals surface area contributed by atoms with Crippen molar-refractivity contribution in [1.82, 2.24) is 20.1 Å². The van der Waals surface area contributed by atoms with Gasteiger partial charge < -0.3 is 14.7 Å². The number of fused-ring (bicyclic) bond motifs is 1. The van der Waals surface area contributed by atoms with E-state index >= 15 is 0 Å². The summed E-state index contributed by atoms with van der Waals surface area (Å²) in [5.41, 5.74) is 1.50. The molecule has 1 amide bonds. The van der Waals surface area contributed by atoms with Gasteiger partial charge in [-0.25, -0.2) is 14.5 Å². The third-order valence-corrected chi connectivity index (χ3v) is 7.96. The fraction of sp³-hybridized carbons (Fsp3) is 0.344. The standard InChI is InChI=1S/C30H25F4N7O2.C2H6/c31-25-5-1-18(11-24(25)29(43)40-9-7-39(8-10-40)27-6-2-19(14-35)15-36-27)12-26-23-13-21(3-4-22(23)28(42)38-37-26)41-16-20(17-41)30(32,33)34;1-2/h1-6,11,13,15,20H,7-10,12,16-17H2,(H,38,42);1-2H3. The predicted octanol–water partition coefficient (Wildman–Crippen LogP) is 4.91. The Balaban J connectivity index is 0.00000196. The minimum absolute atomic E-state index is 0.0874. The summed E-state index contributed by atoms with van der Waals surface area (Å²) in [6, 6.07) is 14.5. The molecule has 234 valence electrons. The number of nitriles is 1. The molecule has 0 atom stereocenters. The van der Waals surface area contributed by atoms with Crippen LogP contribution in [0, 0.1) is 23.1 Å². The summed E-state index contributed by atoms with van der Waals surface area (Å²) < 4.78 is 53.9. The van der Waals surface area contributed by atoms with Crippen molar-refractivity contribution >= 4 is 28.2 Å². The Morgan fingerprint density at radius 3 is 2.38 bits per heavy atom. The molecule has 2 aliphatic heterocycles. The number of halogens is 4. The van der Waals surface area contributed by atoms with E-state index < -0.39 is 29.4 Å². The van der Waals surface area contributed by atoms with Crippen molar-refractivity contribution in [3.05, 3.63) is 93.3 Å². The van der Waals surface area contributed by atoms with Crippen molar-refractivity contribution in [2.75, 3.05) is 49.1 Å². The van der Waals surface area contributed by atoms with Gasteiger partial charge in [0.2, 0.25) is 0 Å². The van der Waals surface area contributed by atoms with Crippen LogP contribution in [-0.4, -0.2) is 71.4 Å². The normalized spacial score (nSPS) is 15.3. The van der Waals surface area contributed by atoms with Crippen molar-refractivity contribution in [2.24, 2.45) is 5.92 Å². The molecule has 0 aliphatic carbocycles. The van der Waals surface area contributed by atoms with Crippen LogP contribution in [0.4, 0.5) is 29.1 Å². The first-order valence-electron chi connectivity index (χ1n) is 14.6. The molecule has 1 N–H and O–H groups in total. The van der Waals surface area contributed by atoms with Crippen LogP contribution >= 0.6 is 0 Å². The molecule has 6 rings (SSSR count). The van der Waals surface area contributed by atoms with Gasteiger partial charge in [0.15, 0.2) is 0 Å². The number of carbonyl (C=O) groups is 1. The van der Waals surface area contributed by atoms with E-state index in [0.717, 1.165) is 0 Å². The Morgan fingerprint density at radius 2 is 1.73 bits per heavy atom. The third-order valence-electron chi connectivity index (χ3n) is 7.96. The number of H-pyrrole nitrogens is 1. The summed E-state index contributed by atoms with van der Waals surface area (Å²) in [7, 11) is 0. The number of hydrogen-bond donors (Lipinski definition) is 1. The largest absolute Gasteiger partial charge is 0.395 e. The number of hydrogen-bond acceptors (Lipinski definition) is 7. The summed E-state index contributed by atoms with van der Waals surface area (Å²) in [5, 5.41) is 16.4. The van der Waals surface area contributed by atoms with Crippen molar-refractivity contribution in [3.8, 4) is 6.07 Å². The maximum absolute atomic E-state index is 14.9. The molecule has 4 aromatic rings. The minimum Gasteiger partial charge on any atom is -0.370 e. The molecule has 2 fully saturated rings. The molecular formula is C32H31F4N7O2. The SMILES string of the molecule is CC.N#Cc1ccc(N2CCN(C(=O)c3cc(Cc4n[nH]c(=O)c5ccc(N6CC(C(F)(F)F)C6)cc45)ccc3F)CC2)nc1. The van der Waals surface area contributed by atoms with Crippen molar-refractivity contribution in [3.63, 3.8) is 0 Å². The molecule has 4 heterocycles. The second kappa shape index (κ2) is 12.9. The van der Waals surface area contributed by atoms with Gasteiger partial charge in [0.05, 0.1) is 28.1 Å². The number of pyridine rings is 1. The maximum Gasteiger partial charge on any atom is 0.395 e. The molecule has 0 radical (unpaired) electrons.